The van der Waals surface area contributed by atoms with Gasteiger partial charge in [0.2, 0.25) is 5.91 Å². The lowest BCUT2D eigenvalue weighted by atomic mass is 10.2. The summed E-state index contributed by atoms with van der Waals surface area (Å²) in [7, 11) is 0. The lowest BCUT2D eigenvalue weighted by Gasteiger charge is -2.11. The van der Waals surface area contributed by atoms with E-state index in [1.165, 1.54) is 0 Å². The number of likely N-dealkylation sites (tertiary alicyclic amines) is 1. The largest absolute Gasteiger partial charge is 0.339 e. The van der Waals surface area contributed by atoms with Crippen molar-refractivity contribution in [1.29, 1.82) is 0 Å². The Hall–Kier alpha value is -1.09. The molecule has 1 heterocycles. The predicted molar refractivity (Wildman–Crippen MR) is 69.0 cm³/mol. The van der Waals surface area contributed by atoms with Crippen molar-refractivity contribution >= 4 is 27.9 Å². The van der Waals surface area contributed by atoms with Gasteiger partial charge in [-0.2, -0.15) is 0 Å². The van der Waals surface area contributed by atoms with Crippen molar-refractivity contribution in [2.45, 2.75) is 12.8 Å². The van der Waals surface area contributed by atoms with Gasteiger partial charge in [-0.1, -0.05) is 28.1 Å². The molecule has 1 aliphatic rings. The van der Waals surface area contributed by atoms with E-state index in [0.717, 1.165) is 36.0 Å². The first-order chi connectivity index (χ1) is 7.75. The molecule has 0 aromatic heterocycles. The van der Waals surface area contributed by atoms with Gasteiger partial charge < -0.3 is 4.90 Å². The Labute approximate surface area is 104 Å². The summed E-state index contributed by atoms with van der Waals surface area (Å²) in [6.45, 7) is 1.81. The number of hydrogen-bond donors (Lipinski definition) is 0. The van der Waals surface area contributed by atoms with Crippen LogP contribution < -0.4 is 0 Å². The molecule has 1 fully saturated rings. The van der Waals surface area contributed by atoms with Gasteiger partial charge in [-0.3, -0.25) is 4.79 Å². The molecule has 1 aromatic carbocycles. The SMILES string of the molecule is O=C(C=Cc1cccc(Br)c1)N1CCCC1. The molecule has 0 unspecified atom stereocenters. The Morgan fingerprint density at radius 3 is 2.75 bits per heavy atom. The molecule has 1 aromatic rings. The minimum Gasteiger partial charge on any atom is -0.339 e. The maximum Gasteiger partial charge on any atom is 0.246 e. The third kappa shape index (κ3) is 2.95. The van der Waals surface area contributed by atoms with E-state index in [1.54, 1.807) is 6.08 Å². The third-order valence-corrected chi connectivity index (χ3v) is 3.18. The molecule has 16 heavy (non-hydrogen) atoms. The van der Waals surface area contributed by atoms with Crippen molar-refractivity contribution in [2.75, 3.05) is 13.1 Å². The minimum absolute atomic E-state index is 0.123. The molecule has 0 N–H and O–H groups in total. The number of nitrogens with zero attached hydrogens (tertiary/aromatic N) is 1. The van der Waals surface area contributed by atoms with E-state index in [2.05, 4.69) is 15.9 Å². The number of benzene rings is 1. The van der Waals surface area contributed by atoms with Crippen LogP contribution in [0.1, 0.15) is 18.4 Å². The van der Waals surface area contributed by atoms with Crippen LogP contribution in [0.25, 0.3) is 6.08 Å². The van der Waals surface area contributed by atoms with Crippen LogP contribution in [0.4, 0.5) is 0 Å². The summed E-state index contributed by atoms with van der Waals surface area (Å²) >= 11 is 3.41. The van der Waals surface area contributed by atoms with Gasteiger partial charge in [-0.25, -0.2) is 0 Å². The summed E-state index contributed by atoms with van der Waals surface area (Å²) in [5, 5.41) is 0. The average Bonchev–Trinajstić information content (AvgIpc) is 2.79. The highest BCUT2D eigenvalue weighted by Crippen LogP contribution is 2.13. The number of rotatable bonds is 2. The average molecular weight is 280 g/mol. The Kier molecular flexibility index (Phi) is 3.78. The molecule has 0 radical (unpaired) electrons. The van der Waals surface area contributed by atoms with E-state index in [1.807, 2.05) is 35.2 Å². The normalized spacial score (nSPS) is 15.9. The number of hydrogen-bond acceptors (Lipinski definition) is 1. The van der Waals surface area contributed by atoms with Crippen LogP contribution in [0.15, 0.2) is 34.8 Å². The quantitative estimate of drug-likeness (QED) is 0.762. The molecule has 0 aliphatic carbocycles. The van der Waals surface area contributed by atoms with Gasteiger partial charge >= 0.3 is 0 Å². The van der Waals surface area contributed by atoms with Gasteiger partial charge in [0.1, 0.15) is 0 Å². The number of halogens is 1. The second-order valence-electron chi connectivity index (χ2n) is 3.92. The van der Waals surface area contributed by atoms with E-state index in [0.29, 0.717) is 0 Å². The summed E-state index contributed by atoms with van der Waals surface area (Å²) in [4.78, 5) is 13.6. The first-order valence-electron chi connectivity index (χ1n) is 5.48. The van der Waals surface area contributed by atoms with Gasteiger partial charge in [0.25, 0.3) is 0 Å². The molecule has 0 saturated carbocycles. The van der Waals surface area contributed by atoms with Crippen molar-refractivity contribution in [3.05, 3.63) is 40.4 Å². The first-order valence-corrected chi connectivity index (χ1v) is 6.27. The fourth-order valence-corrected chi connectivity index (χ4v) is 2.24. The summed E-state index contributed by atoms with van der Waals surface area (Å²) in [5.74, 6) is 0.123. The Balaban J connectivity index is 2.00. The van der Waals surface area contributed by atoms with Gasteiger partial charge in [-0.05, 0) is 36.6 Å². The number of carbonyl (C=O) groups is 1. The molecule has 2 nitrogen and oxygen atoms in total. The van der Waals surface area contributed by atoms with E-state index >= 15 is 0 Å². The topological polar surface area (TPSA) is 20.3 Å². The van der Waals surface area contributed by atoms with E-state index in [9.17, 15) is 4.79 Å². The van der Waals surface area contributed by atoms with Crippen LogP contribution in [0.5, 0.6) is 0 Å². The van der Waals surface area contributed by atoms with Gasteiger partial charge in [0, 0.05) is 23.6 Å². The van der Waals surface area contributed by atoms with Crippen LogP contribution >= 0.6 is 15.9 Å². The highest BCUT2D eigenvalue weighted by atomic mass is 79.9. The zero-order valence-corrected chi connectivity index (χ0v) is 10.6. The molecule has 1 aliphatic heterocycles. The molecule has 2 rings (SSSR count). The summed E-state index contributed by atoms with van der Waals surface area (Å²) in [6, 6.07) is 7.91. The van der Waals surface area contributed by atoms with E-state index < -0.39 is 0 Å². The van der Waals surface area contributed by atoms with Crippen molar-refractivity contribution in [1.82, 2.24) is 4.90 Å². The minimum atomic E-state index is 0.123. The third-order valence-electron chi connectivity index (χ3n) is 2.68. The fourth-order valence-electron chi connectivity index (χ4n) is 1.82. The Morgan fingerprint density at radius 1 is 1.31 bits per heavy atom. The van der Waals surface area contributed by atoms with Crippen LogP contribution in [-0.4, -0.2) is 23.9 Å². The molecule has 0 atom stereocenters. The van der Waals surface area contributed by atoms with Crippen molar-refractivity contribution in [2.24, 2.45) is 0 Å². The van der Waals surface area contributed by atoms with E-state index in [-0.39, 0.29) is 5.91 Å². The van der Waals surface area contributed by atoms with Crippen molar-refractivity contribution < 1.29 is 4.79 Å². The number of amides is 1. The second-order valence-corrected chi connectivity index (χ2v) is 4.84. The second kappa shape index (κ2) is 5.30. The summed E-state index contributed by atoms with van der Waals surface area (Å²) < 4.78 is 1.03. The highest BCUT2D eigenvalue weighted by Gasteiger charge is 2.14. The maximum atomic E-state index is 11.7. The van der Waals surface area contributed by atoms with Crippen LogP contribution in [0.2, 0.25) is 0 Å². The monoisotopic (exact) mass is 279 g/mol. The smallest absolute Gasteiger partial charge is 0.246 e. The van der Waals surface area contributed by atoms with Gasteiger partial charge in [0.05, 0.1) is 0 Å². The maximum absolute atomic E-state index is 11.7. The van der Waals surface area contributed by atoms with E-state index in [4.69, 9.17) is 0 Å². The Morgan fingerprint density at radius 2 is 2.06 bits per heavy atom. The lowest BCUT2D eigenvalue weighted by molar-refractivity contribution is -0.124. The van der Waals surface area contributed by atoms with Crippen molar-refractivity contribution in [3.63, 3.8) is 0 Å². The van der Waals surface area contributed by atoms with Gasteiger partial charge in [0.15, 0.2) is 0 Å². The molecule has 84 valence electrons. The first kappa shape index (κ1) is 11.4. The molecule has 1 amide bonds. The van der Waals surface area contributed by atoms with Crippen LogP contribution in [0, 0.1) is 0 Å². The Bertz CT molecular complexity index is 408. The molecule has 0 spiro atoms. The zero-order chi connectivity index (χ0) is 11.4. The highest BCUT2D eigenvalue weighted by molar-refractivity contribution is 9.10. The molecule has 3 heteroatoms. The number of carbonyl (C=O) groups excluding carboxylic acids is 1. The molecule has 1 saturated heterocycles. The molecular weight excluding hydrogens is 266 g/mol. The summed E-state index contributed by atoms with van der Waals surface area (Å²) in [6.07, 6.45) is 5.80. The van der Waals surface area contributed by atoms with Crippen LogP contribution in [-0.2, 0) is 4.79 Å². The zero-order valence-electron chi connectivity index (χ0n) is 9.03. The predicted octanol–water partition coefficient (Wildman–Crippen LogP) is 3.08. The van der Waals surface area contributed by atoms with Gasteiger partial charge in [-0.15, -0.1) is 0 Å². The summed E-state index contributed by atoms with van der Waals surface area (Å²) in [5.41, 5.74) is 1.04. The standard InChI is InChI=1S/C13H14BrNO/c14-12-5-3-4-11(10-12)6-7-13(16)15-8-1-2-9-15/h3-7,10H,1-2,8-9H2. The fraction of sp³-hybridized carbons (Fsp3) is 0.308. The molecular formula is C13H14BrNO. The van der Waals surface area contributed by atoms with Crippen molar-refractivity contribution in [3.8, 4) is 0 Å². The molecule has 0 bridgehead atoms. The lowest BCUT2D eigenvalue weighted by Crippen LogP contribution is -2.25. The van der Waals surface area contributed by atoms with Crippen LogP contribution in [0.3, 0.4) is 0 Å².